The van der Waals surface area contributed by atoms with Gasteiger partial charge in [0.05, 0.1) is 17.1 Å². The Balaban J connectivity index is 1.90. The summed E-state index contributed by atoms with van der Waals surface area (Å²) in [5, 5.41) is -0.0414. The molecule has 1 aliphatic carbocycles. The summed E-state index contributed by atoms with van der Waals surface area (Å²) < 4.78 is 33.7. The van der Waals surface area contributed by atoms with E-state index in [0.29, 0.717) is 31.8 Å². The maximum atomic E-state index is 13.3. The molecule has 1 aromatic heterocycles. The third-order valence-electron chi connectivity index (χ3n) is 6.23. The topological polar surface area (TPSA) is 64.4 Å². The highest BCUT2D eigenvalue weighted by Crippen LogP contribution is 2.30. The molecule has 1 saturated carbocycles. The number of aromatic nitrogens is 2. The van der Waals surface area contributed by atoms with Crippen LogP contribution in [0, 0.1) is 0 Å². The number of hydrogen-bond donors (Lipinski definition) is 0. The largest absolute Gasteiger partial charge is 0.385 e. The van der Waals surface area contributed by atoms with E-state index < -0.39 is 9.84 Å². The molecule has 1 aliphatic heterocycles. The molecule has 1 aromatic rings. The Labute approximate surface area is 175 Å². The Morgan fingerprint density at radius 3 is 2.79 bits per heavy atom. The van der Waals surface area contributed by atoms with E-state index in [1.165, 1.54) is 0 Å². The number of imidazole rings is 1. The predicted molar refractivity (Wildman–Crippen MR) is 116 cm³/mol. The standard InChI is InChI=1S/C22H35N3O3S/c1-4-9-19-11-7-10-18(2)25(19)17-20-16-23-22(24(20)14-8-15-28-3)29(26,27)21-12-5-6-13-21/h4,7,10,16,18-19,21H,1,5-6,8-9,11-15,17H2,2-3H3/t18-,19-/m1/s1. The van der Waals surface area contributed by atoms with Crippen molar-refractivity contribution in [3.63, 3.8) is 0 Å². The summed E-state index contributed by atoms with van der Waals surface area (Å²) in [5.41, 5.74) is 0.967. The maximum absolute atomic E-state index is 13.3. The molecule has 6 nitrogen and oxygen atoms in total. The van der Waals surface area contributed by atoms with Crippen molar-refractivity contribution in [2.75, 3.05) is 13.7 Å². The molecular weight excluding hydrogens is 386 g/mol. The average molecular weight is 422 g/mol. The molecule has 0 spiro atoms. The van der Waals surface area contributed by atoms with E-state index in [4.69, 9.17) is 4.74 Å². The van der Waals surface area contributed by atoms with Crippen LogP contribution in [0.4, 0.5) is 0 Å². The van der Waals surface area contributed by atoms with Gasteiger partial charge in [-0.25, -0.2) is 13.4 Å². The summed E-state index contributed by atoms with van der Waals surface area (Å²) in [5.74, 6) is 0. The minimum Gasteiger partial charge on any atom is -0.385 e. The second kappa shape index (κ2) is 10.0. The van der Waals surface area contributed by atoms with E-state index in [0.717, 1.165) is 50.6 Å². The lowest BCUT2D eigenvalue weighted by Gasteiger charge is -2.37. The molecule has 2 aliphatic rings. The summed E-state index contributed by atoms with van der Waals surface area (Å²) in [6.45, 7) is 7.99. The van der Waals surface area contributed by atoms with Crippen LogP contribution in [0.1, 0.15) is 57.6 Å². The van der Waals surface area contributed by atoms with Crippen LogP contribution in [0.15, 0.2) is 36.2 Å². The molecule has 3 rings (SSSR count). The molecule has 0 aromatic carbocycles. The first-order valence-electron chi connectivity index (χ1n) is 10.8. The molecule has 0 amide bonds. The highest BCUT2D eigenvalue weighted by molar-refractivity contribution is 7.91. The van der Waals surface area contributed by atoms with Gasteiger partial charge in [-0.3, -0.25) is 4.90 Å². The first-order valence-corrected chi connectivity index (χ1v) is 12.3. The molecule has 2 heterocycles. The molecule has 2 atom stereocenters. The Morgan fingerprint density at radius 1 is 1.34 bits per heavy atom. The number of sulfone groups is 1. The third kappa shape index (κ3) is 5.01. The van der Waals surface area contributed by atoms with Crippen LogP contribution in [-0.4, -0.2) is 53.9 Å². The van der Waals surface area contributed by atoms with Crippen molar-refractivity contribution in [1.82, 2.24) is 14.5 Å². The lowest BCUT2D eigenvalue weighted by atomic mass is 10.00. The van der Waals surface area contributed by atoms with Gasteiger partial charge in [-0.2, -0.15) is 0 Å². The monoisotopic (exact) mass is 421 g/mol. The average Bonchev–Trinajstić information content (AvgIpc) is 3.36. The van der Waals surface area contributed by atoms with Crippen LogP contribution in [0.25, 0.3) is 0 Å². The van der Waals surface area contributed by atoms with Crippen LogP contribution < -0.4 is 0 Å². The second-order valence-electron chi connectivity index (χ2n) is 8.24. The molecule has 0 bridgehead atoms. The molecule has 29 heavy (non-hydrogen) atoms. The van der Waals surface area contributed by atoms with Gasteiger partial charge in [-0.1, -0.05) is 31.1 Å². The van der Waals surface area contributed by atoms with E-state index in [2.05, 4.69) is 35.5 Å². The maximum Gasteiger partial charge on any atom is 0.228 e. The van der Waals surface area contributed by atoms with E-state index in [9.17, 15) is 8.42 Å². The van der Waals surface area contributed by atoms with Crippen LogP contribution in [-0.2, 0) is 27.7 Å². The number of rotatable bonds is 10. The summed E-state index contributed by atoms with van der Waals surface area (Å²) >= 11 is 0. The zero-order valence-corrected chi connectivity index (χ0v) is 18.6. The molecule has 0 unspecified atom stereocenters. The van der Waals surface area contributed by atoms with Crippen molar-refractivity contribution in [1.29, 1.82) is 0 Å². The molecule has 0 radical (unpaired) electrons. The van der Waals surface area contributed by atoms with Gasteiger partial charge in [0, 0.05) is 38.9 Å². The van der Waals surface area contributed by atoms with Gasteiger partial charge in [0.1, 0.15) is 0 Å². The molecule has 7 heteroatoms. The molecular formula is C22H35N3O3S. The highest BCUT2D eigenvalue weighted by atomic mass is 32.2. The van der Waals surface area contributed by atoms with Gasteiger partial charge < -0.3 is 9.30 Å². The number of ether oxygens (including phenoxy) is 1. The summed E-state index contributed by atoms with van der Waals surface area (Å²) in [7, 11) is -1.73. The van der Waals surface area contributed by atoms with Crippen LogP contribution in [0.5, 0.6) is 0 Å². The van der Waals surface area contributed by atoms with Gasteiger partial charge in [-0.15, -0.1) is 6.58 Å². The quantitative estimate of drug-likeness (QED) is 0.425. The molecule has 162 valence electrons. The number of nitrogens with zero attached hydrogens (tertiary/aromatic N) is 3. The second-order valence-corrected chi connectivity index (χ2v) is 10.4. The molecule has 0 N–H and O–H groups in total. The third-order valence-corrected chi connectivity index (χ3v) is 8.41. The van der Waals surface area contributed by atoms with E-state index in [1.807, 2.05) is 10.6 Å². The predicted octanol–water partition coefficient (Wildman–Crippen LogP) is 3.73. The van der Waals surface area contributed by atoms with Gasteiger partial charge in [0.2, 0.25) is 15.0 Å². The van der Waals surface area contributed by atoms with Crippen LogP contribution in [0.2, 0.25) is 0 Å². The van der Waals surface area contributed by atoms with Crippen molar-refractivity contribution >= 4 is 9.84 Å². The fourth-order valence-electron chi connectivity index (χ4n) is 4.59. The minimum absolute atomic E-state index is 0.246. The minimum atomic E-state index is -3.40. The van der Waals surface area contributed by atoms with Gasteiger partial charge in [0.25, 0.3) is 0 Å². The lowest BCUT2D eigenvalue weighted by molar-refractivity contribution is 0.145. The Kier molecular flexibility index (Phi) is 7.71. The van der Waals surface area contributed by atoms with Crippen molar-refractivity contribution in [2.24, 2.45) is 0 Å². The van der Waals surface area contributed by atoms with Gasteiger partial charge in [-0.05, 0) is 39.0 Å². The molecule has 0 saturated heterocycles. The van der Waals surface area contributed by atoms with E-state index in [1.54, 1.807) is 13.3 Å². The summed E-state index contributed by atoms with van der Waals surface area (Å²) in [4.78, 5) is 6.87. The highest BCUT2D eigenvalue weighted by Gasteiger charge is 2.35. The normalized spacial score (nSPS) is 23.7. The fourth-order valence-corrected chi connectivity index (χ4v) is 6.56. The first-order chi connectivity index (χ1) is 14.0. The Hall–Kier alpha value is -1.44. The Bertz CT molecular complexity index is 809. The zero-order valence-electron chi connectivity index (χ0n) is 17.8. The van der Waals surface area contributed by atoms with Gasteiger partial charge in [0.15, 0.2) is 0 Å². The zero-order chi connectivity index (χ0) is 20.9. The first kappa shape index (κ1) is 22.2. The van der Waals surface area contributed by atoms with E-state index >= 15 is 0 Å². The van der Waals surface area contributed by atoms with Crippen molar-refractivity contribution < 1.29 is 13.2 Å². The van der Waals surface area contributed by atoms with Crippen molar-refractivity contribution in [3.05, 3.63) is 36.7 Å². The van der Waals surface area contributed by atoms with E-state index in [-0.39, 0.29) is 10.4 Å². The van der Waals surface area contributed by atoms with Crippen molar-refractivity contribution in [3.8, 4) is 0 Å². The van der Waals surface area contributed by atoms with Crippen LogP contribution >= 0.6 is 0 Å². The van der Waals surface area contributed by atoms with Gasteiger partial charge >= 0.3 is 0 Å². The molecule has 1 fully saturated rings. The summed E-state index contributed by atoms with van der Waals surface area (Å²) in [6, 6.07) is 0.677. The van der Waals surface area contributed by atoms with Crippen molar-refractivity contribution in [2.45, 2.75) is 87.4 Å². The smallest absolute Gasteiger partial charge is 0.228 e. The Morgan fingerprint density at radius 2 is 2.10 bits per heavy atom. The lowest BCUT2D eigenvalue weighted by Crippen LogP contribution is -2.42. The SMILES string of the molecule is C=CC[C@@H]1CC=C[C@@H](C)N1Cc1cnc(S(=O)(=O)C2CCCC2)n1CCCOC. The van der Waals surface area contributed by atoms with Crippen LogP contribution in [0.3, 0.4) is 0 Å². The summed E-state index contributed by atoms with van der Waals surface area (Å²) in [6.07, 6.45) is 14.3. The number of hydrogen-bond acceptors (Lipinski definition) is 5. The number of methoxy groups -OCH3 is 1. The fraction of sp³-hybridized carbons (Fsp3) is 0.682.